The Balaban J connectivity index is 2.15. The Kier molecular flexibility index (Phi) is 4.06. The summed E-state index contributed by atoms with van der Waals surface area (Å²) in [5.41, 5.74) is 1.94. The molecule has 0 aliphatic rings. The van der Waals surface area contributed by atoms with Crippen molar-refractivity contribution in [2.45, 2.75) is 20.0 Å². The van der Waals surface area contributed by atoms with Gasteiger partial charge < -0.3 is 5.11 Å². The Bertz CT molecular complexity index is 462. The van der Waals surface area contributed by atoms with Crippen LogP contribution < -0.4 is 0 Å². The summed E-state index contributed by atoms with van der Waals surface area (Å²) in [5, 5.41) is 17.3. The van der Waals surface area contributed by atoms with Gasteiger partial charge in [0, 0.05) is 6.54 Å². The number of hydrogen-bond acceptors (Lipinski definition) is 4. The van der Waals surface area contributed by atoms with Crippen molar-refractivity contribution in [3.05, 3.63) is 24.3 Å². The molecule has 0 radical (unpaired) electrons. The number of fused-ring (bicyclic) bond motifs is 1. The minimum Gasteiger partial charge on any atom is -0.395 e. The summed E-state index contributed by atoms with van der Waals surface area (Å²) in [5.74, 6) is 0. The molecule has 0 bridgehead atoms. The summed E-state index contributed by atoms with van der Waals surface area (Å²) in [6, 6.07) is 7.91. The Morgan fingerprint density at radius 3 is 2.88 bits per heavy atom. The van der Waals surface area contributed by atoms with Crippen molar-refractivity contribution < 1.29 is 5.11 Å². The molecule has 0 fully saturated rings. The maximum Gasteiger partial charge on any atom is 0.113 e. The molecule has 17 heavy (non-hydrogen) atoms. The average molecular weight is 234 g/mol. The summed E-state index contributed by atoms with van der Waals surface area (Å²) >= 11 is 0. The molecule has 2 aromatic rings. The normalized spacial score (nSPS) is 11.5. The fourth-order valence-corrected chi connectivity index (χ4v) is 1.92. The van der Waals surface area contributed by atoms with E-state index < -0.39 is 0 Å². The first-order valence-corrected chi connectivity index (χ1v) is 5.96. The topological polar surface area (TPSA) is 54.2 Å². The van der Waals surface area contributed by atoms with E-state index in [0.717, 1.165) is 24.0 Å². The van der Waals surface area contributed by atoms with Gasteiger partial charge in [-0.2, -0.15) is 0 Å². The van der Waals surface area contributed by atoms with Crippen molar-refractivity contribution in [1.29, 1.82) is 0 Å². The maximum absolute atomic E-state index is 9.02. The zero-order valence-corrected chi connectivity index (χ0v) is 10.1. The summed E-state index contributed by atoms with van der Waals surface area (Å²) < 4.78 is 1.88. The second-order valence-corrected chi connectivity index (χ2v) is 4.06. The summed E-state index contributed by atoms with van der Waals surface area (Å²) in [6.07, 6.45) is 1.06. The predicted molar refractivity (Wildman–Crippen MR) is 66.5 cm³/mol. The van der Waals surface area contributed by atoms with Gasteiger partial charge in [-0.15, -0.1) is 5.10 Å². The smallest absolute Gasteiger partial charge is 0.113 e. The summed E-state index contributed by atoms with van der Waals surface area (Å²) in [7, 11) is 0. The molecule has 0 aliphatic heterocycles. The van der Waals surface area contributed by atoms with Gasteiger partial charge in [-0.25, -0.2) is 4.68 Å². The Morgan fingerprint density at radius 1 is 1.29 bits per heavy atom. The van der Waals surface area contributed by atoms with Crippen LogP contribution in [0.3, 0.4) is 0 Å². The third kappa shape index (κ3) is 2.81. The van der Waals surface area contributed by atoms with Crippen LogP contribution in [0.25, 0.3) is 11.0 Å². The number of aliphatic hydroxyl groups excluding tert-OH is 1. The monoisotopic (exact) mass is 234 g/mol. The van der Waals surface area contributed by atoms with Crippen LogP contribution in [0.5, 0.6) is 0 Å². The van der Waals surface area contributed by atoms with E-state index >= 15 is 0 Å². The highest BCUT2D eigenvalue weighted by atomic mass is 16.3. The van der Waals surface area contributed by atoms with E-state index in [1.54, 1.807) is 0 Å². The third-order valence-electron chi connectivity index (χ3n) is 2.71. The molecule has 0 aliphatic carbocycles. The highest BCUT2D eigenvalue weighted by molar-refractivity contribution is 5.73. The molecule has 0 atom stereocenters. The van der Waals surface area contributed by atoms with E-state index in [1.807, 2.05) is 28.9 Å². The van der Waals surface area contributed by atoms with Crippen LogP contribution in [-0.2, 0) is 6.67 Å². The van der Waals surface area contributed by atoms with Gasteiger partial charge in [-0.1, -0.05) is 24.3 Å². The largest absolute Gasteiger partial charge is 0.395 e. The van der Waals surface area contributed by atoms with E-state index in [0.29, 0.717) is 13.2 Å². The third-order valence-corrected chi connectivity index (χ3v) is 2.71. The minimum absolute atomic E-state index is 0.173. The number of benzene rings is 1. The van der Waals surface area contributed by atoms with Crippen LogP contribution in [-0.4, -0.2) is 44.7 Å². The van der Waals surface area contributed by atoms with Crippen molar-refractivity contribution in [1.82, 2.24) is 19.9 Å². The van der Waals surface area contributed by atoms with E-state index in [1.165, 1.54) is 0 Å². The molecule has 1 aromatic carbocycles. The molecular formula is C12H18N4O. The van der Waals surface area contributed by atoms with Gasteiger partial charge in [0.05, 0.1) is 18.8 Å². The van der Waals surface area contributed by atoms with Crippen LogP contribution in [0.1, 0.15) is 13.3 Å². The van der Waals surface area contributed by atoms with Crippen molar-refractivity contribution in [2.24, 2.45) is 0 Å². The van der Waals surface area contributed by atoms with E-state index in [2.05, 4.69) is 22.1 Å². The highest BCUT2D eigenvalue weighted by Gasteiger charge is 2.08. The van der Waals surface area contributed by atoms with E-state index in [-0.39, 0.29) is 6.61 Å². The fraction of sp³-hybridized carbons (Fsp3) is 0.500. The van der Waals surface area contributed by atoms with Crippen molar-refractivity contribution in [3.63, 3.8) is 0 Å². The molecule has 2 rings (SSSR count). The molecule has 0 unspecified atom stereocenters. The van der Waals surface area contributed by atoms with Crippen LogP contribution in [0.2, 0.25) is 0 Å². The van der Waals surface area contributed by atoms with Crippen LogP contribution >= 0.6 is 0 Å². The van der Waals surface area contributed by atoms with Gasteiger partial charge in [-0.3, -0.25) is 4.90 Å². The SMILES string of the molecule is CCCN(CCO)Cn1nnc2ccccc21. The first-order valence-electron chi connectivity index (χ1n) is 5.96. The lowest BCUT2D eigenvalue weighted by atomic mass is 10.3. The number of aliphatic hydroxyl groups is 1. The highest BCUT2D eigenvalue weighted by Crippen LogP contribution is 2.10. The second-order valence-electron chi connectivity index (χ2n) is 4.06. The first-order chi connectivity index (χ1) is 8.35. The molecule has 0 saturated carbocycles. The van der Waals surface area contributed by atoms with Gasteiger partial charge in [0.1, 0.15) is 5.52 Å². The van der Waals surface area contributed by atoms with Crippen molar-refractivity contribution in [3.8, 4) is 0 Å². The molecule has 92 valence electrons. The lowest BCUT2D eigenvalue weighted by Gasteiger charge is -2.20. The van der Waals surface area contributed by atoms with Gasteiger partial charge in [0.15, 0.2) is 0 Å². The Morgan fingerprint density at radius 2 is 2.12 bits per heavy atom. The number of aromatic nitrogens is 3. The molecule has 5 heteroatoms. The Labute approximate surface area is 101 Å². The fourth-order valence-electron chi connectivity index (χ4n) is 1.92. The van der Waals surface area contributed by atoms with E-state index in [4.69, 9.17) is 5.11 Å². The van der Waals surface area contributed by atoms with E-state index in [9.17, 15) is 0 Å². The van der Waals surface area contributed by atoms with Crippen molar-refractivity contribution >= 4 is 11.0 Å². The minimum atomic E-state index is 0.173. The summed E-state index contributed by atoms with van der Waals surface area (Å²) in [4.78, 5) is 2.17. The predicted octanol–water partition coefficient (Wildman–Crippen LogP) is 1.09. The van der Waals surface area contributed by atoms with Crippen molar-refractivity contribution in [2.75, 3.05) is 19.7 Å². The number of hydrogen-bond donors (Lipinski definition) is 1. The molecule has 0 saturated heterocycles. The van der Waals surface area contributed by atoms with Crippen LogP contribution in [0, 0.1) is 0 Å². The molecular weight excluding hydrogens is 216 g/mol. The number of rotatable bonds is 6. The van der Waals surface area contributed by atoms with Crippen LogP contribution in [0.4, 0.5) is 0 Å². The maximum atomic E-state index is 9.02. The molecule has 1 N–H and O–H groups in total. The Hall–Kier alpha value is -1.46. The molecule has 0 spiro atoms. The van der Waals surface area contributed by atoms with Crippen LogP contribution in [0.15, 0.2) is 24.3 Å². The molecule has 1 aromatic heterocycles. The number of para-hydroxylation sites is 1. The number of nitrogens with zero attached hydrogens (tertiary/aromatic N) is 4. The first kappa shape index (κ1) is 12.0. The lowest BCUT2D eigenvalue weighted by Crippen LogP contribution is -2.30. The quantitative estimate of drug-likeness (QED) is 0.813. The van der Waals surface area contributed by atoms with Gasteiger partial charge in [0.25, 0.3) is 0 Å². The van der Waals surface area contributed by atoms with Gasteiger partial charge in [0.2, 0.25) is 0 Å². The standard InChI is InChI=1S/C12H18N4O/c1-2-7-15(8-9-17)10-16-12-6-4-3-5-11(12)13-14-16/h3-6,17H,2,7-10H2,1H3. The average Bonchev–Trinajstić information content (AvgIpc) is 2.74. The molecule has 1 heterocycles. The molecule has 0 amide bonds. The lowest BCUT2D eigenvalue weighted by molar-refractivity contribution is 0.159. The zero-order valence-electron chi connectivity index (χ0n) is 10.1. The molecule has 5 nitrogen and oxygen atoms in total. The zero-order chi connectivity index (χ0) is 12.1. The van der Waals surface area contributed by atoms with Gasteiger partial charge in [-0.05, 0) is 25.1 Å². The summed E-state index contributed by atoms with van der Waals surface area (Å²) in [6.45, 7) is 4.60. The second kappa shape index (κ2) is 5.75. The van der Waals surface area contributed by atoms with Gasteiger partial charge >= 0.3 is 0 Å².